The molecule has 0 aliphatic carbocycles. The van der Waals surface area contributed by atoms with E-state index in [4.69, 9.17) is 10.5 Å². The van der Waals surface area contributed by atoms with E-state index in [1.54, 1.807) is 18.2 Å². The summed E-state index contributed by atoms with van der Waals surface area (Å²) in [5.41, 5.74) is 6.08. The number of halogens is 1. The third kappa shape index (κ3) is 3.80. The molecule has 20 heavy (non-hydrogen) atoms. The van der Waals surface area contributed by atoms with Crippen LogP contribution in [-0.4, -0.2) is 25.0 Å². The van der Waals surface area contributed by atoms with Crippen molar-refractivity contribution in [2.24, 2.45) is 11.7 Å². The Kier molecular flexibility index (Phi) is 5.14. The van der Waals surface area contributed by atoms with Gasteiger partial charge in [0.1, 0.15) is 6.04 Å². The first-order valence-electron chi connectivity index (χ1n) is 6.51. The Morgan fingerprint density at radius 1 is 1.35 bits per heavy atom. The molecule has 1 aliphatic heterocycles. The molecule has 0 unspecified atom stereocenters. The normalized spacial score (nSPS) is 17.4. The van der Waals surface area contributed by atoms with Crippen molar-refractivity contribution in [2.75, 3.05) is 13.2 Å². The Morgan fingerprint density at radius 2 is 2.05 bits per heavy atom. The highest BCUT2D eigenvalue weighted by molar-refractivity contribution is 9.10. The van der Waals surface area contributed by atoms with Gasteiger partial charge in [-0.25, -0.2) is 0 Å². The summed E-state index contributed by atoms with van der Waals surface area (Å²) >= 11 is 3.34. The Balaban J connectivity index is 2.09. The Hall–Kier alpha value is -1.40. The van der Waals surface area contributed by atoms with Crippen LogP contribution in [0.25, 0.3) is 0 Å². The number of benzene rings is 1. The number of hydrogen-bond acceptors (Lipinski definition) is 3. The number of carbonyl (C=O) groups excluding carboxylic acids is 2. The van der Waals surface area contributed by atoms with Gasteiger partial charge >= 0.3 is 0 Å². The molecule has 1 aromatic carbocycles. The van der Waals surface area contributed by atoms with Gasteiger partial charge in [0.25, 0.3) is 0 Å². The monoisotopic (exact) mass is 340 g/mol. The van der Waals surface area contributed by atoms with Crippen LogP contribution in [0.15, 0.2) is 28.7 Å². The van der Waals surface area contributed by atoms with Gasteiger partial charge in [0, 0.05) is 23.6 Å². The van der Waals surface area contributed by atoms with Gasteiger partial charge in [-0.3, -0.25) is 9.59 Å². The van der Waals surface area contributed by atoms with Crippen molar-refractivity contribution in [3.8, 4) is 0 Å². The number of primary amides is 1. The Bertz CT molecular complexity index is 501. The second kappa shape index (κ2) is 6.85. The molecule has 0 aromatic heterocycles. The predicted molar refractivity (Wildman–Crippen MR) is 77.8 cm³/mol. The van der Waals surface area contributed by atoms with Gasteiger partial charge < -0.3 is 15.8 Å². The molecule has 1 aliphatic rings. The van der Waals surface area contributed by atoms with Crippen LogP contribution in [0.4, 0.5) is 0 Å². The largest absolute Gasteiger partial charge is 0.381 e. The van der Waals surface area contributed by atoms with Crippen LogP contribution in [0.5, 0.6) is 0 Å². The first-order valence-corrected chi connectivity index (χ1v) is 7.30. The van der Waals surface area contributed by atoms with Crippen LogP contribution in [0.1, 0.15) is 24.4 Å². The summed E-state index contributed by atoms with van der Waals surface area (Å²) < 4.78 is 6.06. The second-order valence-electron chi connectivity index (χ2n) is 4.79. The van der Waals surface area contributed by atoms with E-state index in [1.165, 1.54) is 0 Å². The first-order chi connectivity index (χ1) is 9.58. The first kappa shape index (κ1) is 15.0. The molecular formula is C14H17BrN2O3. The minimum absolute atomic E-state index is 0.113. The van der Waals surface area contributed by atoms with Crippen molar-refractivity contribution < 1.29 is 14.3 Å². The fourth-order valence-corrected chi connectivity index (χ4v) is 2.64. The highest BCUT2D eigenvalue weighted by Crippen LogP contribution is 2.20. The number of amides is 2. The predicted octanol–water partition coefficient (Wildman–Crippen LogP) is 1.52. The number of nitrogens with two attached hydrogens (primary N) is 1. The summed E-state index contributed by atoms with van der Waals surface area (Å²) in [6, 6.07) is 6.39. The van der Waals surface area contributed by atoms with Gasteiger partial charge in [-0.2, -0.15) is 0 Å². The molecule has 108 valence electrons. The van der Waals surface area contributed by atoms with Gasteiger partial charge in [0.05, 0.1) is 0 Å². The van der Waals surface area contributed by atoms with Gasteiger partial charge in [-0.05, 0) is 30.5 Å². The zero-order valence-corrected chi connectivity index (χ0v) is 12.6. The molecule has 1 atom stereocenters. The van der Waals surface area contributed by atoms with Gasteiger partial charge in [-0.1, -0.05) is 28.1 Å². The quantitative estimate of drug-likeness (QED) is 0.871. The van der Waals surface area contributed by atoms with Crippen molar-refractivity contribution in [3.63, 3.8) is 0 Å². The molecule has 0 saturated carbocycles. The third-order valence-electron chi connectivity index (χ3n) is 3.35. The standard InChI is InChI=1S/C14H17BrN2O3/c15-11-3-1-2-10(8-11)12(13(16)18)17-14(19)9-4-6-20-7-5-9/h1-3,8-9,12H,4-7H2,(H2,16,18)(H,17,19)/t12-/m1/s1. The zero-order valence-electron chi connectivity index (χ0n) is 11.0. The molecule has 6 heteroatoms. The van der Waals surface area contributed by atoms with Crippen molar-refractivity contribution in [1.29, 1.82) is 0 Å². The lowest BCUT2D eigenvalue weighted by atomic mass is 9.98. The maximum Gasteiger partial charge on any atom is 0.244 e. The minimum Gasteiger partial charge on any atom is -0.381 e. The molecule has 5 nitrogen and oxygen atoms in total. The van der Waals surface area contributed by atoms with Crippen molar-refractivity contribution >= 4 is 27.7 Å². The average Bonchev–Trinajstić information content (AvgIpc) is 2.45. The van der Waals surface area contributed by atoms with E-state index in [9.17, 15) is 9.59 Å². The molecule has 1 saturated heterocycles. The van der Waals surface area contributed by atoms with E-state index in [0.717, 1.165) is 4.47 Å². The SMILES string of the molecule is NC(=O)[C@H](NC(=O)C1CCOCC1)c1cccc(Br)c1. The molecule has 2 rings (SSSR count). The van der Waals surface area contributed by atoms with E-state index >= 15 is 0 Å². The molecule has 2 amide bonds. The average molecular weight is 341 g/mol. The number of hydrogen-bond donors (Lipinski definition) is 2. The summed E-state index contributed by atoms with van der Waals surface area (Å²) in [6.45, 7) is 1.16. The van der Waals surface area contributed by atoms with Gasteiger partial charge in [0.15, 0.2) is 0 Å². The van der Waals surface area contributed by atoms with E-state index in [1.807, 2.05) is 6.07 Å². The highest BCUT2D eigenvalue weighted by Gasteiger charge is 2.26. The van der Waals surface area contributed by atoms with Gasteiger partial charge in [-0.15, -0.1) is 0 Å². The summed E-state index contributed by atoms with van der Waals surface area (Å²) in [5.74, 6) is -0.821. The molecule has 0 bridgehead atoms. The summed E-state index contributed by atoms with van der Waals surface area (Å²) in [4.78, 5) is 23.8. The maximum atomic E-state index is 12.2. The maximum absolute atomic E-state index is 12.2. The zero-order chi connectivity index (χ0) is 14.5. The molecule has 0 spiro atoms. The Morgan fingerprint density at radius 3 is 2.65 bits per heavy atom. The highest BCUT2D eigenvalue weighted by atomic mass is 79.9. The fraction of sp³-hybridized carbons (Fsp3) is 0.429. The second-order valence-corrected chi connectivity index (χ2v) is 5.70. The van der Waals surface area contributed by atoms with E-state index < -0.39 is 11.9 Å². The molecule has 1 fully saturated rings. The van der Waals surface area contributed by atoms with Crippen LogP contribution in [0.3, 0.4) is 0 Å². The smallest absolute Gasteiger partial charge is 0.244 e. The van der Waals surface area contributed by atoms with Crippen LogP contribution in [-0.2, 0) is 14.3 Å². The molecule has 1 aromatic rings. The number of carbonyl (C=O) groups is 2. The van der Waals surface area contributed by atoms with E-state index in [2.05, 4.69) is 21.2 Å². The molecule has 3 N–H and O–H groups in total. The minimum atomic E-state index is -0.803. The van der Waals surface area contributed by atoms with Crippen LogP contribution in [0, 0.1) is 5.92 Å². The van der Waals surface area contributed by atoms with Crippen LogP contribution < -0.4 is 11.1 Å². The topological polar surface area (TPSA) is 81.4 Å². The van der Waals surface area contributed by atoms with Crippen LogP contribution in [0.2, 0.25) is 0 Å². The van der Waals surface area contributed by atoms with E-state index in [0.29, 0.717) is 31.6 Å². The van der Waals surface area contributed by atoms with Crippen molar-refractivity contribution in [1.82, 2.24) is 5.32 Å². The lowest BCUT2D eigenvalue weighted by molar-refractivity contribution is -0.132. The Labute approximate surface area is 126 Å². The van der Waals surface area contributed by atoms with Crippen LogP contribution >= 0.6 is 15.9 Å². The molecule has 0 radical (unpaired) electrons. The van der Waals surface area contributed by atoms with Crippen molar-refractivity contribution in [2.45, 2.75) is 18.9 Å². The fourth-order valence-electron chi connectivity index (χ4n) is 2.22. The number of ether oxygens (including phenoxy) is 1. The number of rotatable bonds is 4. The summed E-state index contributed by atoms with van der Waals surface area (Å²) in [7, 11) is 0. The lowest BCUT2D eigenvalue weighted by Crippen LogP contribution is -2.41. The lowest BCUT2D eigenvalue weighted by Gasteiger charge is -2.24. The van der Waals surface area contributed by atoms with Gasteiger partial charge in [0.2, 0.25) is 11.8 Å². The van der Waals surface area contributed by atoms with Crippen molar-refractivity contribution in [3.05, 3.63) is 34.3 Å². The number of nitrogens with one attached hydrogen (secondary N) is 1. The molecule has 1 heterocycles. The third-order valence-corrected chi connectivity index (χ3v) is 3.84. The van der Waals surface area contributed by atoms with E-state index in [-0.39, 0.29) is 11.8 Å². The summed E-state index contributed by atoms with van der Waals surface area (Å²) in [5, 5.41) is 2.74. The molecular weight excluding hydrogens is 324 g/mol. The summed E-state index contributed by atoms with van der Waals surface area (Å²) in [6.07, 6.45) is 1.35.